The maximum atomic E-state index is 5.78. The second kappa shape index (κ2) is 6.92. The molecule has 0 aliphatic heterocycles. The van der Waals surface area contributed by atoms with Crippen molar-refractivity contribution in [1.82, 2.24) is 0 Å². The lowest BCUT2D eigenvalue weighted by atomic mass is 10.3. The van der Waals surface area contributed by atoms with Crippen LogP contribution in [0.3, 0.4) is 0 Å². The molecule has 0 radical (unpaired) electrons. The topological polar surface area (TPSA) is 21.7 Å². The molecule has 1 rings (SSSR count). The van der Waals surface area contributed by atoms with E-state index in [4.69, 9.17) is 8.85 Å². The number of nitrogens with zero attached hydrogens (tertiary/aromatic N) is 1. The highest BCUT2D eigenvalue weighted by molar-refractivity contribution is 6.81. The summed E-state index contributed by atoms with van der Waals surface area (Å²) in [5, 5.41) is 1.21. The van der Waals surface area contributed by atoms with Crippen LogP contribution in [0, 0.1) is 0 Å². The normalized spacial score (nSPS) is 11.6. The van der Waals surface area contributed by atoms with Crippen molar-refractivity contribution in [3.05, 3.63) is 24.3 Å². The summed E-state index contributed by atoms with van der Waals surface area (Å²) in [5.74, 6) is 0. The second-order valence-electron chi connectivity index (χ2n) is 4.71. The Morgan fingerprint density at radius 2 is 1.61 bits per heavy atom. The SMILES string of the molecule is CCCC[Si](OC)(OC)c1ccc(N(C)C)cc1. The zero-order valence-electron chi connectivity index (χ0n) is 12.2. The van der Waals surface area contributed by atoms with E-state index >= 15 is 0 Å². The predicted octanol–water partition coefficient (Wildman–Crippen LogP) is 2.49. The van der Waals surface area contributed by atoms with Gasteiger partial charge >= 0.3 is 8.56 Å². The fourth-order valence-electron chi connectivity index (χ4n) is 2.09. The summed E-state index contributed by atoms with van der Waals surface area (Å²) in [6.07, 6.45) is 2.31. The molecule has 102 valence electrons. The Morgan fingerprint density at radius 1 is 1.06 bits per heavy atom. The van der Waals surface area contributed by atoms with Crippen LogP contribution in [0.5, 0.6) is 0 Å². The van der Waals surface area contributed by atoms with Gasteiger partial charge in [-0.1, -0.05) is 31.9 Å². The zero-order valence-corrected chi connectivity index (χ0v) is 13.2. The minimum atomic E-state index is -2.22. The highest BCUT2D eigenvalue weighted by atomic mass is 28.4. The minimum absolute atomic E-state index is 1.01. The third-order valence-electron chi connectivity index (χ3n) is 3.34. The molecule has 18 heavy (non-hydrogen) atoms. The average molecular weight is 267 g/mol. The van der Waals surface area contributed by atoms with Crippen molar-refractivity contribution in [2.75, 3.05) is 33.2 Å². The monoisotopic (exact) mass is 267 g/mol. The molecule has 0 aliphatic carbocycles. The lowest BCUT2D eigenvalue weighted by Gasteiger charge is -2.28. The van der Waals surface area contributed by atoms with E-state index in [1.54, 1.807) is 14.2 Å². The first-order valence-electron chi connectivity index (χ1n) is 6.47. The van der Waals surface area contributed by atoms with Gasteiger partial charge in [-0.2, -0.15) is 0 Å². The van der Waals surface area contributed by atoms with Gasteiger partial charge in [0.25, 0.3) is 0 Å². The van der Waals surface area contributed by atoms with E-state index in [2.05, 4.69) is 36.1 Å². The molecule has 0 bridgehead atoms. The van der Waals surface area contributed by atoms with Crippen LogP contribution < -0.4 is 10.1 Å². The van der Waals surface area contributed by atoms with Crippen LogP contribution in [-0.4, -0.2) is 36.9 Å². The molecular formula is C14H25NO2Si. The molecule has 0 atom stereocenters. The molecule has 0 spiro atoms. The van der Waals surface area contributed by atoms with Crippen LogP contribution in [0.15, 0.2) is 24.3 Å². The van der Waals surface area contributed by atoms with E-state index in [-0.39, 0.29) is 0 Å². The summed E-state index contributed by atoms with van der Waals surface area (Å²) in [5.41, 5.74) is 1.20. The third-order valence-corrected chi connectivity index (χ3v) is 6.89. The van der Waals surface area contributed by atoms with Gasteiger partial charge in [0.2, 0.25) is 0 Å². The summed E-state index contributed by atoms with van der Waals surface area (Å²) in [7, 11) is 5.41. The first kappa shape index (κ1) is 15.2. The summed E-state index contributed by atoms with van der Waals surface area (Å²) < 4.78 is 11.6. The summed E-state index contributed by atoms with van der Waals surface area (Å²) in [4.78, 5) is 2.10. The standard InChI is InChI=1S/C14H25NO2Si/c1-6-7-12-18(16-4,17-5)14-10-8-13(9-11-14)15(2)3/h8-11H,6-7,12H2,1-5H3. The molecule has 0 unspecified atom stereocenters. The van der Waals surface area contributed by atoms with E-state index in [9.17, 15) is 0 Å². The van der Waals surface area contributed by atoms with E-state index in [1.165, 1.54) is 10.9 Å². The molecule has 0 aromatic heterocycles. The van der Waals surface area contributed by atoms with Crippen molar-refractivity contribution in [3.63, 3.8) is 0 Å². The molecular weight excluding hydrogens is 242 g/mol. The van der Waals surface area contributed by atoms with Gasteiger partial charge in [-0.25, -0.2) is 0 Å². The maximum Gasteiger partial charge on any atom is 0.371 e. The first-order valence-corrected chi connectivity index (χ1v) is 8.50. The predicted molar refractivity (Wildman–Crippen MR) is 79.9 cm³/mol. The molecule has 1 aromatic carbocycles. The largest absolute Gasteiger partial charge is 0.394 e. The van der Waals surface area contributed by atoms with Crippen LogP contribution in [0.25, 0.3) is 0 Å². The fraction of sp³-hybridized carbons (Fsp3) is 0.571. The van der Waals surface area contributed by atoms with E-state index in [0.29, 0.717) is 0 Å². The number of unbranched alkanes of at least 4 members (excludes halogenated alkanes) is 1. The van der Waals surface area contributed by atoms with Gasteiger partial charge in [0, 0.05) is 34.0 Å². The van der Waals surface area contributed by atoms with E-state index in [1.807, 2.05) is 14.1 Å². The molecule has 0 fully saturated rings. The van der Waals surface area contributed by atoms with Gasteiger partial charge in [-0.15, -0.1) is 0 Å². The Kier molecular flexibility index (Phi) is 5.85. The minimum Gasteiger partial charge on any atom is -0.394 e. The van der Waals surface area contributed by atoms with Crippen molar-refractivity contribution in [1.29, 1.82) is 0 Å². The van der Waals surface area contributed by atoms with E-state index < -0.39 is 8.56 Å². The molecule has 0 heterocycles. The van der Waals surface area contributed by atoms with Crippen LogP contribution in [0.1, 0.15) is 19.8 Å². The molecule has 3 nitrogen and oxygen atoms in total. The average Bonchev–Trinajstić information content (AvgIpc) is 2.41. The number of benzene rings is 1. The van der Waals surface area contributed by atoms with Crippen LogP contribution in [-0.2, 0) is 8.85 Å². The third kappa shape index (κ3) is 3.34. The van der Waals surface area contributed by atoms with Gasteiger partial charge in [0.05, 0.1) is 0 Å². The van der Waals surface area contributed by atoms with Crippen LogP contribution in [0.2, 0.25) is 6.04 Å². The quantitative estimate of drug-likeness (QED) is 0.709. The molecule has 0 amide bonds. The van der Waals surface area contributed by atoms with Gasteiger partial charge in [-0.3, -0.25) is 0 Å². The Morgan fingerprint density at radius 3 is 2.00 bits per heavy atom. The molecule has 0 saturated heterocycles. The van der Waals surface area contributed by atoms with E-state index in [0.717, 1.165) is 18.9 Å². The van der Waals surface area contributed by atoms with Gasteiger partial charge in [0.1, 0.15) is 0 Å². The summed E-state index contributed by atoms with van der Waals surface area (Å²) in [6, 6.07) is 9.55. The summed E-state index contributed by atoms with van der Waals surface area (Å²) in [6.45, 7) is 2.19. The smallest absolute Gasteiger partial charge is 0.371 e. The summed E-state index contributed by atoms with van der Waals surface area (Å²) >= 11 is 0. The van der Waals surface area contributed by atoms with Crippen molar-refractivity contribution in [3.8, 4) is 0 Å². The van der Waals surface area contributed by atoms with Gasteiger partial charge in [0.15, 0.2) is 0 Å². The Bertz CT molecular complexity index is 347. The van der Waals surface area contributed by atoms with Crippen molar-refractivity contribution in [2.45, 2.75) is 25.8 Å². The van der Waals surface area contributed by atoms with Crippen LogP contribution >= 0.6 is 0 Å². The molecule has 0 N–H and O–H groups in total. The van der Waals surface area contributed by atoms with Crippen molar-refractivity contribution < 1.29 is 8.85 Å². The highest BCUT2D eigenvalue weighted by Gasteiger charge is 2.37. The fourth-order valence-corrected chi connectivity index (χ4v) is 4.92. The lowest BCUT2D eigenvalue weighted by Crippen LogP contribution is -2.52. The van der Waals surface area contributed by atoms with Gasteiger partial charge in [-0.05, 0) is 23.4 Å². The van der Waals surface area contributed by atoms with Crippen molar-refractivity contribution in [2.24, 2.45) is 0 Å². The maximum absolute atomic E-state index is 5.78. The molecule has 0 aliphatic rings. The van der Waals surface area contributed by atoms with Crippen LogP contribution in [0.4, 0.5) is 5.69 Å². The first-order chi connectivity index (χ1) is 8.59. The molecule has 1 aromatic rings. The Labute approximate surface area is 112 Å². The number of anilines is 1. The molecule has 0 saturated carbocycles. The highest BCUT2D eigenvalue weighted by Crippen LogP contribution is 2.18. The number of hydrogen-bond acceptors (Lipinski definition) is 3. The Balaban J connectivity index is 2.98. The second-order valence-corrected chi connectivity index (χ2v) is 8.11. The van der Waals surface area contributed by atoms with Crippen molar-refractivity contribution >= 4 is 19.4 Å². The van der Waals surface area contributed by atoms with Gasteiger partial charge < -0.3 is 13.8 Å². The number of rotatable bonds is 7. The number of hydrogen-bond donors (Lipinski definition) is 0. The Hall–Kier alpha value is -0.843. The molecule has 4 heteroatoms. The lowest BCUT2D eigenvalue weighted by molar-refractivity contribution is 0.256. The zero-order chi connectivity index (χ0) is 13.6.